The molecule has 0 aromatic carbocycles. The third kappa shape index (κ3) is 7.61. The minimum atomic E-state index is -1.80. The predicted octanol–water partition coefficient (Wildman–Crippen LogP) is -1.72. The van der Waals surface area contributed by atoms with E-state index in [1.165, 1.54) is 6.08 Å². The molecule has 0 aliphatic carbocycles. The summed E-state index contributed by atoms with van der Waals surface area (Å²) in [6, 6.07) is -1.20. The summed E-state index contributed by atoms with van der Waals surface area (Å²) < 4.78 is 4.95. The van der Waals surface area contributed by atoms with Crippen molar-refractivity contribution >= 4 is 17.9 Å². The Morgan fingerprint density at radius 3 is 2.41 bits per heavy atom. The summed E-state index contributed by atoms with van der Waals surface area (Å²) in [7, 11) is 1.12. The van der Waals surface area contributed by atoms with Crippen LogP contribution >= 0.6 is 0 Å². The lowest BCUT2D eigenvalue weighted by molar-refractivity contribution is -0.150. The van der Waals surface area contributed by atoms with Gasteiger partial charge in [-0.25, -0.2) is 4.79 Å². The average molecular weight is 417 g/mol. The first-order chi connectivity index (χ1) is 13.4. The Morgan fingerprint density at radius 2 is 1.90 bits per heavy atom. The topological polar surface area (TPSA) is 169 Å². The molecule has 0 aromatic heterocycles. The van der Waals surface area contributed by atoms with E-state index >= 15 is 0 Å². The second kappa shape index (κ2) is 10.5. The van der Waals surface area contributed by atoms with Gasteiger partial charge in [0.2, 0.25) is 5.91 Å². The van der Waals surface area contributed by atoms with Crippen LogP contribution in [0.5, 0.6) is 0 Å². The highest BCUT2D eigenvalue weighted by Crippen LogP contribution is 2.17. The van der Waals surface area contributed by atoms with Crippen molar-refractivity contribution in [3.8, 4) is 0 Å². The van der Waals surface area contributed by atoms with Gasteiger partial charge in [-0.1, -0.05) is 32.9 Å². The number of rotatable bonds is 7. The second-order valence-corrected chi connectivity index (χ2v) is 7.93. The van der Waals surface area contributed by atoms with Crippen LogP contribution in [0.25, 0.3) is 0 Å². The molecule has 6 N–H and O–H groups in total. The fourth-order valence-electron chi connectivity index (χ4n) is 2.65. The zero-order valence-corrected chi connectivity index (χ0v) is 17.0. The predicted molar refractivity (Wildman–Crippen MR) is 102 cm³/mol. The number of aliphatic hydroxyl groups is 3. The van der Waals surface area contributed by atoms with Crippen LogP contribution in [0.4, 0.5) is 4.79 Å². The second-order valence-electron chi connectivity index (χ2n) is 7.93. The van der Waals surface area contributed by atoms with E-state index in [2.05, 4.69) is 10.6 Å². The molecule has 0 spiro atoms. The molecule has 0 bridgehead atoms. The Morgan fingerprint density at radius 1 is 1.28 bits per heavy atom. The number of carbonyl (C=O) groups is 3. The summed E-state index contributed by atoms with van der Waals surface area (Å²) in [5.41, 5.74) is -0.271. The standard InChI is InChI=1S/C18H31N3O8/c1-18(2,3)6-5-11(22)12(23)13(24)14(29-4)16(26)20-10-9-21(17(27)28)8-7-19-15(10)25/h5-6,10-14,22-24H,7-9H2,1-4H3,(H,19,25)(H,20,26)(H,27,28)/b6-5+/t10?,11-,12+,13-,14-/m1/s1. The number of methoxy groups -OCH3 is 1. The maximum atomic E-state index is 12.5. The number of hydrogen-bond acceptors (Lipinski definition) is 7. The van der Waals surface area contributed by atoms with Crippen LogP contribution in [0.3, 0.4) is 0 Å². The van der Waals surface area contributed by atoms with Gasteiger partial charge >= 0.3 is 6.09 Å². The molecule has 1 rings (SSSR count). The van der Waals surface area contributed by atoms with Crippen molar-refractivity contribution in [2.45, 2.75) is 51.2 Å². The summed E-state index contributed by atoms with van der Waals surface area (Å²) in [4.78, 5) is 36.7. The molecular formula is C18H31N3O8. The highest BCUT2D eigenvalue weighted by molar-refractivity contribution is 5.90. The van der Waals surface area contributed by atoms with Crippen LogP contribution in [-0.4, -0.2) is 100 Å². The molecule has 3 amide bonds. The monoisotopic (exact) mass is 417 g/mol. The van der Waals surface area contributed by atoms with E-state index in [0.29, 0.717) is 0 Å². The third-order valence-electron chi connectivity index (χ3n) is 4.30. The van der Waals surface area contributed by atoms with Gasteiger partial charge in [0.05, 0.1) is 6.54 Å². The minimum Gasteiger partial charge on any atom is -0.465 e. The maximum absolute atomic E-state index is 12.5. The van der Waals surface area contributed by atoms with Crippen molar-refractivity contribution in [1.29, 1.82) is 0 Å². The molecule has 11 heteroatoms. The highest BCUT2D eigenvalue weighted by atomic mass is 16.5. The Kier molecular flexibility index (Phi) is 9.02. The molecule has 0 aromatic rings. The lowest BCUT2D eigenvalue weighted by Gasteiger charge is -2.29. The molecule has 166 valence electrons. The average Bonchev–Trinajstić information content (AvgIpc) is 2.80. The van der Waals surface area contributed by atoms with Crippen LogP contribution < -0.4 is 10.6 Å². The van der Waals surface area contributed by atoms with Gasteiger partial charge in [-0.2, -0.15) is 0 Å². The van der Waals surface area contributed by atoms with Crippen molar-refractivity contribution in [2.24, 2.45) is 5.41 Å². The Balaban J connectivity index is 2.84. The molecule has 11 nitrogen and oxygen atoms in total. The maximum Gasteiger partial charge on any atom is 0.407 e. The van der Waals surface area contributed by atoms with Crippen molar-refractivity contribution in [1.82, 2.24) is 15.5 Å². The minimum absolute atomic E-state index is 0.0643. The third-order valence-corrected chi connectivity index (χ3v) is 4.30. The molecule has 5 atom stereocenters. The number of carboxylic acid groups (broad SMARTS) is 1. The summed E-state index contributed by atoms with van der Waals surface area (Å²) in [5.74, 6) is -1.52. The molecule has 0 saturated carbocycles. The van der Waals surface area contributed by atoms with Gasteiger partial charge in [0.25, 0.3) is 5.91 Å². The number of allylic oxidation sites excluding steroid dienone is 1. The molecule has 1 aliphatic rings. The summed E-state index contributed by atoms with van der Waals surface area (Å²) in [5, 5.41) is 44.5. The first kappa shape index (κ1) is 24.8. The number of nitrogens with one attached hydrogen (secondary N) is 2. The number of nitrogens with zero attached hydrogens (tertiary/aromatic N) is 1. The normalized spacial score (nSPS) is 22.4. The smallest absolute Gasteiger partial charge is 0.407 e. The van der Waals surface area contributed by atoms with Gasteiger partial charge in [0.1, 0.15) is 24.4 Å². The van der Waals surface area contributed by atoms with Gasteiger partial charge in [0.15, 0.2) is 6.10 Å². The highest BCUT2D eigenvalue weighted by Gasteiger charge is 2.38. The molecule has 1 aliphatic heterocycles. The van der Waals surface area contributed by atoms with Gasteiger partial charge in [-0.3, -0.25) is 9.59 Å². The Labute approximate surface area is 169 Å². The van der Waals surface area contributed by atoms with E-state index in [1.54, 1.807) is 6.08 Å². The van der Waals surface area contributed by atoms with Crippen LogP contribution in [0.15, 0.2) is 12.2 Å². The van der Waals surface area contributed by atoms with E-state index in [0.717, 1.165) is 12.0 Å². The van der Waals surface area contributed by atoms with Crippen LogP contribution in [-0.2, 0) is 14.3 Å². The first-order valence-electron chi connectivity index (χ1n) is 9.19. The zero-order chi connectivity index (χ0) is 22.4. The molecule has 1 fully saturated rings. The van der Waals surface area contributed by atoms with Crippen LogP contribution in [0.1, 0.15) is 20.8 Å². The van der Waals surface area contributed by atoms with E-state index in [9.17, 15) is 29.7 Å². The van der Waals surface area contributed by atoms with Crippen molar-refractivity contribution in [2.75, 3.05) is 26.7 Å². The summed E-state index contributed by atoms with van der Waals surface area (Å²) >= 11 is 0. The van der Waals surface area contributed by atoms with E-state index < -0.39 is 48.4 Å². The lowest BCUT2D eigenvalue weighted by Crippen LogP contribution is -2.57. The summed E-state index contributed by atoms with van der Waals surface area (Å²) in [6.07, 6.45) is -4.89. The van der Waals surface area contributed by atoms with Gasteiger partial charge < -0.3 is 40.7 Å². The quantitative estimate of drug-likeness (QED) is 0.266. The fourth-order valence-corrected chi connectivity index (χ4v) is 2.65. The van der Waals surface area contributed by atoms with Gasteiger partial charge in [-0.05, 0) is 5.41 Å². The van der Waals surface area contributed by atoms with Crippen molar-refractivity contribution in [3.63, 3.8) is 0 Å². The Bertz CT molecular complexity index is 619. The SMILES string of the molecule is CO[C@@H](C(=O)NC1CN(C(=O)O)CCNC1=O)[C@H](O)[C@@H](O)[C@H](O)/C=C/C(C)(C)C. The number of amides is 3. The molecule has 1 heterocycles. The fraction of sp³-hybridized carbons (Fsp3) is 0.722. The molecule has 1 unspecified atom stereocenters. The number of carbonyl (C=O) groups excluding carboxylic acids is 2. The van der Waals surface area contributed by atoms with Crippen molar-refractivity contribution < 1.29 is 39.5 Å². The molecule has 0 radical (unpaired) electrons. The number of ether oxygens (including phenoxy) is 1. The lowest BCUT2D eigenvalue weighted by atomic mass is 9.94. The first-order valence-corrected chi connectivity index (χ1v) is 9.19. The van der Waals surface area contributed by atoms with E-state index in [1.807, 2.05) is 20.8 Å². The number of aliphatic hydroxyl groups excluding tert-OH is 3. The Hall–Kier alpha value is -2.21. The van der Waals surface area contributed by atoms with Crippen LogP contribution in [0, 0.1) is 5.41 Å². The van der Waals surface area contributed by atoms with Crippen molar-refractivity contribution in [3.05, 3.63) is 12.2 Å². The zero-order valence-electron chi connectivity index (χ0n) is 17.0. The number of hydrogen-bond donors (Lipinski definition) is 6. The molecular weight excluding hydrogens is 386 g/mol. The van der Waals surface area contributed by atoms with Gasteiger partial charge in [0, 0.05) is 20.2 Å². The largest absolute Gasteiger partial charge is 0.465 e. The molecule has 1 saturated heterocycles. The van der Waals surface area contributed by atoms with E-state index in [-0.39, 0.29) is 25.0 Å². The molecule has 29 heavy (non-hydrogen) atoms. The summed E-state index contributed by atoms with van der Waals surface area (Å²) in [6.45, 7) is 5.51. The van der Waals surface area contributed by atoms with Crippen LogP contribution in [0.2, 0.25) is 0 Å². The van der Waals surface area contributed by atoms with E-state index in [4.69, 9.17) is 9.84 Å². The van der Waals surface area contributed by atoms with Gasteiger partial charge in [-0.15, -0.1) is 0 Å².